The minimum Gasteiger partial charge on any atom is -0.465 e. The van der Waals surface area contributed by atoms with Gasteiger partial charge in [0, 0.05) is 17.4 Å². The molecule has 0 fully saturated rings. The number of carbonyl (C=O) groups is 1. The lowest BCUT2D eigenvalue weighted by molar-refractivity contribution is -0.277. The number of nitrogen functional groups attached to an aromatic ring is 1. The van der Waals surface area contributed by atoms with E-state index in [0.717, 1.165) is 13.3 Å². The van der Waals surface area contributed by atoms with Crippen molar-refractivity contribution in [2.45, 2.75) is 31.3 Å². The molecule has 0 radical (unpaired) electrons. The fraction of sp³-hybridized carbons (Fsp3) is 0.316. The van der Waals surface area contributed by atoms with E-state index in [0.29, 0.717) is 6.07 Å². The van der Waals surface area contributed by atoms with Crippen LogP contribution in [0.15, 0.2) is 29.6 Å². The molecule has 2 aromatic rings. The van der Waals surface area contributed by atoms with Crippen LogP contribution in [0.2, 0.25) is 0 Å². The van der Waals surface area contributed by atoms with Crippen LogP contribution in [0.3, 0.4) is 0 Å². The maximum atomic E-state index is 14.7. The Morgan fingerprint density at radius 1 is 1.19 bits per heavy atom. The van der Waals surface area contributed by atoms with Gasteiger partial charge in [-0.15, -0.1) is 0 Å². The van der Waals surface area contributed by atoms with Gasteiger partial charge >= 0.3 is 18.3 Å². The van der Waals surface area contributed by atoms with E-state index in [4.69, 9.17) is 5.73 Å². The molecule has 1 aliphatic rings. The smallest absolute Gasteiger partial charge is 0.435 e. The van der Waals surface area contributed by atoms with E-state index in [1.165, 1.54) is 13.0 Å². The number of hydrogen-bond donors (Lipinski definition) is 1. The van der Waals surface area contributed by atoms with Crippen molar-refractivity contribution >= 4 is 17.4 Å². The molecule has 1 atom stereocenters. The second-order valence-corrected chi connectivity index (χ2v) is 6.93. The van der Waals surface area contributed by atoms with Gasteiger partial charge in [-0.1, -0.05) is 5.16 Å². The third-order valence-electron chi connectivity index (χ3n) is 4.83. The maximum absolute atomic E-state index is 14.7. The number of rotatable bonds is 3. The van der Waals surface area contributed by atoms with E-state index >= 15 is 0 Å². The number of hydrogen-bond acceptors (Lipinski definition) is 6. The standard InChI is InChI=1S/C19H14F7N3O3/c1-8-3-13(28-7-10(8)16(30)31-2)14-6-17(32-29-14,19(24,25)26)11-4-9(27)5-12(15(11)20)18(21,22)23/h3-5,7H,6,27H2,1-2H3. The number of alkyl halides is 6. The molecule has 0 spiro atoms. The SMILES string of the molecule is COC(=O)c1cnc(C2=NOC(c3cc(N)cc(C(F)(F)F)c3F)(C(F)(F)F)C2)cc1C. The van der Waals surface area contributed by atoms with Crippen LogP contribution in [0.4, 0.5) is 36.4 Å². The maximum Gasteiger partial charge on any atom is 0.435 e. The molecule has 1 aromatic heterocycles. The number of nitrogens with two attached hydrogens (primary N) is 1. The zero-order valence-corrected chi connectivity index (χ0v) is 16.4. The number of oxime groups is 1. The topological polar surface area (TPSA) is 86.8 Å². The number of aromatic nitrogens is 1. The fourth-order valence-corrected chi connectivity index (χ4v) is 3.20. The normalized spacial score (nSPS) is 18.8. The van der Waals surface area contributed by atoms with E-state index in [9.17, 15) is 35.5 Å². The average molecular weight is 465 g/mol. The Morgan fingerprint density at radius 3 is 2.38 bits per heavy atom. The van der Waals surface area contributed by atoms with E-state index in [2.05, 4.69) is 19.7 Å². The molecule has 13 heteroatoms. The Kier molecular flexibility index (Phi) is 5.56. The van der Waals surface area contributed by atoms with Gasteiger partial charge in [0.2, 0.25) is 0 Å². The summed E-state index contributed by atoms with van der Waals surface area (Å²) in [6.45, 7) is 1.46. The second kappa shape index (κ2) is 7.64. The van der Waals surface area contributed by atoms with Crippen molar-refractivity contribution in [1.82, 2.24) is 4.98 Å². The average Bonchev–Trinajstić information content (AvgIpc) is 3.14. The van der Waals surface area contributed by atoms with Crippen molar-refractivity contribution in [2.75, 3.05) is 12.8 Å². The molecule has 1 aromatic carbocycles. The van der Waals surface area contributed by atoms with Crippen molar-refractivity contribution in [1.29, 1.82) is 0 Å². The van der Waals surface area contributed by atoms with Crippen molar-refractivity contribution < 1.29 is 45.1 Å². The first-order valence-electron chi connectivity index (χ1n) is 8.75. The zero-order chi connectivity index (χ0) is 24.1. The van der Waals surface area contributed by atoms with Gasteiger partial charge in [0.1, 0.15) is 11.5 Å². The Bertz CT molecular complexity index is 1110. The number of methoxy groups -OCH3 is 1. The first-order valence-corrected chi connectivity index (χ1v) is 8.75. The highest BCUT2D eigenvalue weighted by Gasteiger charge is 2.64. The van der Waals surface area contributed by atoms with Crippen LogP contribution in [-0.2, 0) is 21.4 Å². The van der Waals surface area contributed by atoms with Crippen LogP contribution >= 0.6 is 0 Å². The number of ether oxygens (including phenoxy) is 1. The number of aryl methyl sites for hydroxylation is 1. The van der Waals surface area contributed by atoms with Gasteiger partial charge in [-0.25, -0.2) is 9.18 Å². The highest BCUT2D eigenvalue weighted by atomic mass is 19.4. The summed E-state index contributed by atoms with van der Waals surface area (Å²) in [5.41, 5.74) is -2.66. The lowest BCUT2D eigenvalue weighted by Gasteiger charge is -2.30. The van der Waals surface area contributed by atoms with E-state index in [1.54, 1.807) is 0 Å². The molecule has 172 valence electrons. The summed E-state index contributed by atoms with van der Waals surface area (Å²) < 4.78 is 101. The zero-order valence-electron chi connectivity index (χ0n) is 16.4. The lowest BCUT2D eigenvalue weighted by atomic mass is 9.85. The van der Waals surface area contributed by atoms with Gasteiger partial charge in [0.05, 0.1) is 30.4 Å². The minimum absolute atomic E-state index is 0.0366. The van der Waals surface area contributed by atoms with Gasteiger partial charge in [0.25, 0.3) is 5.60 Å². The summed E-state index contributed by atoms with van der Waals surface area (Å²) in [5.74, 6) is -2.91. The Labute approximate surface area is 175 Å². The number of nitrogens with zero attached hydrogens (tertiary/aromatic N) is 2. The van der Waals surface area contributed by atoms with Gasteiger partial charge in [-0.05, 0) is 30.7 Å². The van der Waals surface area contributed by atoms with E-state index in [1.807, 2.05) is 0 Å². The first-order chi connectivity index (χ1) is 14.7. The predicted octanol–water partition coefficient (Wildman–Crippen LogP) is 4.50. The highest BCUT2D eigenvalue weighted by Crippen LogP contribution is 2.51. The summed E-state index contributed by atoms with van der Waals surface area (Å²) in [5, 5.41) is 3.33. The number of pyridine rings is 1. The molecule has 1 aliphatic heterocycles. The molecule has 0 bridgehead atoms. The van der Waals surface area contributed by atoms with Gasteiger partial charge in [-0.2, -0.15) is 26.3 Å². The lowest BCUT2D eigenvalue weighted by Crippen LogP contribution is -2.44. The molecule has 3 rings (SSSR count). The summed E-state index contributed by atoms with van der Waals surface area (Å²) in [7, 11) is 1.12. The molecule has 32 heavy (non-hydrogen) atoms. The third kappa shape index (κ3) is 3.82. The Balaban J connectivity index is 2.10. The molecule has 0 aliphatic carbocycles. The predicted molar refractivity (Wildman–Crippen MR) is 96.1 cm³/mol. The van der Waals surface area contributed by atoms with Gasteiger partial charge in [0.15, 0.2) is 0 Å². The van der Waals surface area contributed by atoms with Crippen molar-refractivity contribution in [3.8, 4) is 0 Å². The summed E-state index contributed by atoms with van der Waals surface area (Å²) >= 11 is 0. The minimum atomic E-state index is -5.38. The summed E-state index contributed by atoms with van der Waals surface area (Å²) in [6.07, 6.45) is -10.8. The first kappa shape index (κ1) is 23.3. The fourth-order valence-electron chi connectivity index (χ4n) is 3.20. The van der Waals surface area contributed by atoms with Crippen molar-refractivity contribution in [2.24, 2.45) is 5.16 Å². The van der Waals surface area contributed by atoms with Crippen LogP contribution in [-0.4, -0.2) is 30.0 Å². The highest BCUT2D eigenvalue weighted by molar-refractivity contribution is 6.01. The van der Waals surface area contributed by atoms with Crippen LogP contribution in [0.1, 0.15) is 39.2 Å². The third-order valence-corrected chi connectivity index (χ3v) is 4.83. The van der Waals surface area contributed by atoms with E-state index in [-0.39, 0.29) is 22.9 Å². The van der Waals surface area contributed by atoms with Crippen molar-refractivity contribution in [3.05, 3.63) is 58.2 Å². The molecule has 0 saturated carbocycles. The van der Waals surface area contributed by atoms with Crippen LogP contribution < -0.4 is 5.73 Å². The Morgan fingerprint density at radius 2 is 1.84 bits per heavy atom. The number of esters is 1. The number of anilines is 1. The summed E-state index contributed by atoms with van der Waals surface area (Å²) in [4.78, 5) is 20.1. The van der Waals surface area contributed by atoms with E-state index < -0.39 is 58.7 Å². The van der Waals surface area contributed by atoms with Crippen LogP contribution in [0, 0.1) is 12.7 Å². The molecular weight excluding hydrogens is 451 g/mol. The van der Waals surface area contributed by atoms with Gasteiger partial charge < -0.3 is 15.3 Å². The van der Waals surface area contributed by atoms with Crippen molar-refractivity contribution in [3.63, 3.8) is 0 Å². The number of carbonyl (C=O) groups excluding carboxylic acids is 1. The molecular formula is C19H14F7N3O3. The molecule has 2 N–H and O–H groups in total. The quantitative estimate of drug-likeness (QED) is 0.410. The summed E-state index contributed by atoms with van der Waals surface area (Å²) in [6, 6.07) is 1.84. The molecule has 0 amide bonds. The molecule has 6 nitrogen and oxygen atoms in total. The van der Waals surface area contributed by atoms with Gasteiger partial charge in [-0.3, -0.25) is 4.98 Å². The van der Waals surface area contributed by atoms with Crippen LogP contribution in [0.5, 0.6) is 0 Å². The number of benzene rings is 1. The Hall–Kier alpha value is -3.38. The van der Waals surface area contributed by atoms with Crippen LogP contribution in [0.25, 0.3) is 0 Å². The largest absolute Gasteiger partial charge is 0.465 e. The molecule has 2 heterocycles. The second-order valence-electron chi connectivity index (χ2n) is 6.93. The molecule has 1 unspecified atom stereocenters. The number of halogens is 7. The monoisotopic (exact) mass is 465 g/mol. The molecule has 0 saturated heterocycles.